The fourth-order valence-corrected chi connectivity index (χ4v) is 2.71. The molecule has 0 saturated carbocycles. The van der Waals surface area contributed by atoms with E-state index in [-0.39, 0.29) is 18.6 Å². The minimum absolute atomic E-state index is 0.0110. The molecule has 128 valence electrons. The standard InChI is InChI=1S/C20H20N2O3/c21-12-15-3-5-16(6-4-15)17-7-9-18(10-8-17)25-14-20(23)22-13-19-2-1-11-24-19/h3-10,19H,1-2,11,13-14H2,(H,22,23)/t19-/m0/s1. The van der Waals surface area contributed by atoms with Gasteiger partial charge in [-0.15, -0.1) is 0 Å². The van der Waals surface area contributed by atoms with Crippen LogP contribution in [0, 0.1) is 11.3 Å². The zero-order chi connectivity index (χ0) is 17.5. The van der Waals surface area contributed by atoms with Crippen molar-refractivity contribution in [3.05, 3.63) is 54.1 Å². The lowest BCUT2D eigenvalue weighted by atomic mass is 10.0. The number of carbonyl (C=O) groups excluding carboxylic acids is 1. The van der Waals surface area contributed by atoms with Crippen molar-refractivity contribution in [2.45, 2.75) is 18.9 Å². The third-order valence-corrected chi connectivity index (χ3v) is 4.12. The van der Waals surface area contributed by atoms with Crippen LogP contribution in [-0.2, 0) is 9.53 Å². The Morgan fingerprint density at radius 3 is 2.44 bits per heavy atom. The third kappa shape index (κ3) is 4.82. The summed E-state index contributed by atoms with van der Waals surface area (Å²) >= 11 is 0. The molecular weight excluding hydrogens is 316 g/mol. The molecule has 0 aliphatic carbocycles. The quantitative estimate of drug-likeness (QED) is 0.880. The van der Waals surface area contributed by atoms with Crippen molar-refractivity contribution in [2.75, 3.05) is 19.8 Å². The first-order valence-electron chi connectivity index (χ1n) is 8.36. The average molecular weight is 336 g/mol. The van der Waals surface area contributed by atoms with E-state index in [1.165, 1.54) is 0 Å². The number of nitrogens with one attached hydrogen (secondary N) is 1. The highest BCUT2D eigenvalue weighted by Crippen LogP contribution is 2.22. The summed E-state index contributed by atoms with van der Waals surface area (Å²) in [6, 6.07) is 17.0. The molecule has 0 aromatic heterocycles. The summed E-state index contributed by atoms with van der Waals surface area (Å²) in [5, 5.41) is 11.7. The number of carbonyl (C=O) groups is 1. The van der Waals surface area contributed by atoms with E-state index in [0.717, 1.165) is 30.6 Å². The van der Waals surface area contributed by atoms with Gasteiger partial charge >= 0.3 is 0 Å². The minimum atomic E-state index is -0.147. The Balaban J connectivity index is 1.48. The smallest absolute Gasteiger partial charge is 0.258 e. The SMILES string of the molecule is N#Cc1ccc(-c2ccc(OCC(=O)NC[C@@H]3CCCO3)cc2)cc1. The lowest BCUT2D eigenvalue weighted by Crippen LogP contribution is -2.35. The largest absolute Gasteiger partial charge is 0.484 e. The molecule has 25 heavy (non-hydrogen) atoms. The Morgan fingerprint density at radius 2 is 1.84 bits per heavy atom. The molecule has 5 nitrogen and oxygen atoms in total. The Kier molecular flexibility index (Phi) is 5.65. The van der Waals surface area contributed by atoms with E-state index in [1.807, 2.05) is 36.4 Å². The number of nitriles is 1. The van der Waals surface area contributed by atoms with Gasteiger partial charge in [-0.25, -0.2) is 0 Å². The third-order valence-electron chi connectivity index (χ3n) is 4.12. The van der Waals surface area contributed by atoms with E-state index in [0.29, 0.717) is 17.9 Å². The molecule has 2 aromatic carbocycles. The van der Waals surface area contributed by atoms with Gasteiger partial charge in [0.15, 0.2) is 6.61 Å². The predicted molar refractivity (Wildman–Crippen MR) is 94.1 cm³/mol. The summed E-state index contributed by atoms with van der Waals surface area (Å²) in [7, 11) is 0. The van der Waals surface area contributed by atoms with Crippen molar-refractivity contribution >= 4 is 5.91 Å². The van der Waals surface area contributed by atoms with Gasteiger partial charge < -0.3 is 14.8 Å². The number of amides is 1. The predicted octanol–water partition coefficient (Wildman–Crippen LogP) is 2.90. The molecule has 1 aliphatic heterocycles. The maximum atomic E-state index is 11.8. The normalized spacial score (nSPS) is 16.2. The topological polar surface area (TPSA) is 71.3 Å². The van der Waals surface area contributed by atoms with Crippen molar-refractivity contribution < 1.29 is 14.3 Å². The molecule has 0 spiro atoms. The molecule has 1 amide bonds. The Labute approximate surface area is 147 Å². The van der Waals surface area contributed by atoms with Gasteiger partial charge in [-0.3, -0.25) is 4.79 Å². The van der Waals surface area contributed by atoms with Crippen LogP contribution in [0.3, 0.4) is 0 Å². The number of hydrogen-bond donors (Lipinski definition) is 1. The zero-order valence-corrected chi connectivity index (χ0v) is 13.9. The van der Waals surface area contributed by atoms with Gasteiger partial charge in [-0.05, 0) is 48.2 Å². The summed E-state index contributed by atoms with van der Waals surface area (Å²) in [5.41, 5.74) is 2.69. The molecule has 0 radical (unpaired) electrons. The molecule has 1 fully saturated rings. The second-order valence-corrected chi connectivity index (χ2v) is 5.94. The Bertz CT molecular complexity index is 742. The van der Waals surface area contributed by atoms with E-state index >= 15 is 0 Å². The number of ether oxygens (including phenoxy) is 2. The van der Waals surface area contributed by atoms with Gasteiger partial charge in [-0.1, -0.05) is 24.3 Å². The molecular formula is C20H20N2O3. The van der Waals surface area contributed by atoms with Gasteiger partial charge in [0, 0.05) is 13.2 Å². The van der Waals surface area contributed by atoms with Crippen molar-refractivity contribution in [3.8, 4) is 22.9 Å². The van der Waals surface area contributed by atoms with Crippen molar-refractivity contribution in [1.82, 2.24) is 5.32 Å². The molecule has 1 N–H and O–H groups in total. The van der Waals surface area contributed by atoms with Crippen LogP contribution >= 0.6 is 0 Å². The molecule has 1 atom stereocenters. The van der Waals surface area contributed by atoms with Crippen LogP contribution in [0.25, 0.3) is 11.1 Å². The van der Waals surface area contributed by atoms with Crippen LogP contribution in [0.15, 0.2) is 48.5 Å². The van der Waals surface area contributed by atoms with Gasteiger partial charge in [0.25, 0.3) is 5.91 Å². The number of nitrogens with zero attached hydrogens (tertiary/aromatic N) is 1. The first-order chi connectivity index (χ1) is 12.2. The first kappa shape index (κ1) is 17.0. The molecule has 1 heterocycles. The second kappa shape index (κ2) is 8.32. The minimum Gasteiger partial charge on any atom is -0.484 e. The Morgan fingerprint density at radius 1 is 1.16 bits per heavy atom. The number of hydrogen-bond acceptors (Lipinski definition) is 4. The maximum Gasteiger partial charge on any atom is 0.258 e. The van der Waals surface area contributed by atoms with Gasteiger partial charge in [0.05, 0.1) is 17.7 Å². The molecule has 1 aliphatic rings. The fraction of sp³-hybridized carbons (Fsp3) is 0.300. The van der Waals surface area contributed by atoms with Crippen LogP contribution in [0.5, 0.6) is 5.75 Å². The molecule has 3 rings (SSSR count). The first-order valence-corrected chi connectivity index (χ1v) is 8.36. The Hall–Kier alpha value is -2.84. The monoisotopic (exact) mass is 336 g/mol. The molecule has 1 saturated heterocycles. The number of benzene rings is 2. The lowest BCUT2D eigenvalue weighted by molar-refractivity contribution is -0.123. The average Bonchev–Trinajstić information content (AvgIpc) is 3.19. The highest BCUT2D eigenvalue weighted by molar-refractivity contribution is 5.77. The molecule has 0 bridgehead atoms. The summed E-state index contributed by atoms with van der Waals surface area (Å²) in [6.45, 7) is 1.31. The maximum absolute atomic E-state index is 11.8. The summed E-state index contributed by atoms with van der Waals surface area (Å²) in [5.74, 6) is 0.497. The van der Waals surface area contributed by atoms with Crippen molar-refractivity contribution in [2.24, 2.45) is 0 Å². The van der Waals surface area contributed by atoms with E-state index < -0.39 is 0 Å². The van der Waals surface area contributed by atoms with Crippen molar-refractivity contribution in [3.63, 3.8) is 0 Å². The summed E-state index contributed by atoms with van der Waals surface area (Å²) < 4.78 is 11.0. The van der Waals surface area contributed by atoms with Crippen molar-refractivity contribution in [1.29, 1.82) is 5.26 Å². The van der Waals surface area contributed by atoms with Crippen LogP contribution in [-0.4, -0.2) is 31.8 Å². The van der Waals surface area contributed by atoms with Gasteiger partial charge in [0.1, 0.15) is 5.75 Å². The van der Waals surface area contributed by atoms with Gasteiger partial charge in [0.2, 0.25) is 0 Å². The molecule has 2 aromatic rings. The second-order valence-electron chi connectivity index (χ2n) is 5.94. The van der Waals surface area contributed by atoms with Gasteiger partial charge in [-0.2, -0.15) is 5.26 Å². The van der Waals surface area contributed by atoms with Crippen LogP contribution in [0.2, 0.25) is 0 Å². The van der Waals surface area contributed by atoms with E-state index in [1.54, 1.807) is 12.1 Å². The number of rotatable bonds is 6. The van der Waals surface area contributed by atoms with Crippen LogP contribution in [0.1, 0.15) is 18.4 Å². The molecule has 5 heteroatoms. The highest BCUT2D eigenvalue weighted by atomic mass is 16.5. The van der Waals surface area contributed by atoms with Crippen LogP contribution in [0.4, 0.5) is 0 Å². The van der Waals surface area contributed by atoms with E-state index in [2.05, 4.69) is 11.4 Å². The van der Waals surface area contributed by atoms with Crippen LogP contribution < -0.4 is 10.1 Å². The van der Waals surface area contributed by atoms with E-state index in [4.69, 9.17) is 14.7 Å². The lowest BCUT2D eigenvalue weighted by Gasteiger charge is -2.11. The summed E-state index contributed by atoms with van der Waals surface area (Å²) in [4.78, 5) is 11.8. The zero-order valence-electron chi connectivity index (χ0n) is 13.9. The molecule has 0 unspecified atom stereocenters. The fourth-order valence-electron chi connectivity index (χ4n) is 2.71. The van der Waals surface area contributed by atoms with E-state index in [9.17, 15) is 4.79 Å². The summed E-state index contributed by atoms with van der Waals surface area (Å²) in [6.07, 6.45) is 2.19. The highest BCUT2D eigenvalue weighted by Gasteiger charge is 2.16.